The molecule has 4 aromatic rings. The lowest BCUT2D eigenvalue weighted by Crippen LogP contribution is -2.16. The molecule has 1 aliphatic heterocycles. The molecule has 148 valence electrons. The van der Waals surface area contributed by atoms with Crippen LogP contribution in [0.2, 0.25) is 0 Å². The summed E-state index contributed by atoms with van der Waals surface area (Å²) in [6.07, 6.45) is 0.808. The van der Waals surface area contributed by atoms with Crippen molar-refractivity contribution in [3.63, 3.8) is 0 Å². The van der Waals surface area contributed by atoms with Gasteiger partial charge in [0.1, 0.15) is 6.10 Å². The van der Waals surface area contributed by atoms with Crippen LogP contribution in [-0.4, -0.2) is 40.7 Å². The molecule has 5 rings (SSSR count). The summed E-state index contributed by atoms with van der Waals surface area (Å²) in [7, 11) is 3.96. The predicted molar refractivity (Wildman–Crippen MR) is 115 cm³/mol. The van der Waals surface area contributed by atoms with Crippen molar-refractivity contribution in [3.05, 3.63) is 69.6 Å². The zero-order chi connectivity index (χ0) is 20.0. The van der Waals surface area contributed by atoms with Crippen LogP contribution in [0, 0.1) is 0 Å². The second-order valence-corrected chi connectivity index (χ2v) is 8.50. The minimum Gasteiger partial charge on any atom is -0.367 e. The van der Waals surface area contributed by atoms with Gasteiger partial charge in [-0.05, 0) is 62.0 Å². The van der Waals surface area contributed by atoms with E-state index in [9.17, 15) is 0 Å². The van der Waals surface area contributed by atoms with E-state index in [2.05, 4.69) is 61.4 Å². The number of fused-ring (bicyclic) bond motifs is 3. The maximum atomic E-state index is 6.14. The molecule has 1 aliphatic rings. The lowest BCUT2D eigenvalue weighted by Gasteiger charge is -2.24. The van der Waals surface area contributed by atoms with Crippen LogP contribution < -0.4 is 0 Å². The average Bonchev–Trinajstić information content (AvgIpc) is 3.32. The Morgan fingerprint density at radius 3 is 2.79 bits per heavy atom. The second kappa shape index (κ2) is 7.40. The van der Waals surface area contributed by atoms with E-state index in [-0.39, 0.29) is 6.10 Å². The number of nitrogens with one attached hydrogen (secondary N) is 1. The van der Waals surface area contributed by atoms with Crippen LogP contribution in [0.3, 0.4) is 0 Å². The molecule has 2 aromatic heterocycles. The highest BCUT2D eigenvalue weighted by atomic mass is 79.9. The maximum Gasteiger partial charge on any atom is 0.257 e. The fourth-order valence-corrected chi connectivity index (χ4v) is 4.24. The van der Waals surface area contributed by atoms with Crippen LogP contribution in [-0.2, 0) is 17.7 Å². The van der Waals surface area contributed by atoms with Crippen molar-refractivity contribution in [2.24, 2.45) is 0 Å². The van der Waals surface area contributed by atoms with Crippen molar-refractivity contribution >= 4 is 26.8 Å². The van der Waals surface area contributed by atoms with Crippen LogP contribution in [0.1, 0.15) is 28.7 Å². The fourth-order valence-electron chi connectivity index (χ4n) is 3.88. The largest absolute Gasteiger partial charge is 0.367 e. The minimum atomic E-state index is -0.106. The molecular weight excluding hydrogens is 432 g/mol. The highest BCUT2D eigenvalue weighted by Crippen LogP contribution is 2.37. The normalized spacial score (nSPS) is 16.5. The lowest BCUT2D eigenvalue weighted by atomic mass is 9.97. The molecule has 3 heterocycles. The van der Waals surface area contributed by atoms with E-state index in [1.54, 1.807) is 0 Å². The number of nitrogens with zero attached hydrogens (tertiary/aromatic N) is 3. The Bertz CT molecular complexity index is 1160. The number of halogens is 1. The summed E-state index contributed by atoms with van der Waals surface area (Å²) in [4.78, 5) is 10.1. The van der Waals surface area contributed by atoms with E-state index >= 15 is 0 Å². The Morgan fingerprint density at radius 2 is 2.00 bits per heavy atom. The molecule has 0 amide bonds. The highest BCUT2D eigenvalue weighted by Gasteiger charge is 2.26. The third-order valence-corrected chi connectivity index (χ3v) is 5.68. The summed E-state index contributed by atoms with van der Waals surface area (Å²) in [5.41, 5.74) is 5.64. The van der Waals surface area contributed by atoms with Gasteiger partial charge >= 0.3 is 0 Å². The van der Waals surface area contributed by atoms with Gasteiger partial charge in [-0.2, -0.15) is 4.98 Å². The first-order chi connectivity index (χ1) is 14.1. The molecule has 0 fully saturated rings. The predicted octanol–water partition coefficient (Wildman–Crippen LogP) is 4.70. The van der Waals surface area contributed by atoms with Crippen molar-refractivity contribution in [1.82, 2.24) is 20.0 Å². The Kier molecular flexibility index (Phi) is 4.73. The maximum absolute atomic E-state index is 6.14. The second-order valence-electron chi connectivity index (χ2n) is 7.58. The Morgan fingerprint density at radius 1 is 1.17 bits per heavy atom. The van der Waals surface area contributed by atoms with Gasteiger partial charge in [0.2, 0.25) is 0 Å². The molecule has 7 heteroatoms. The van der Waals surface area contributed by atoms with Crippen molar-refractivity contribution in [1.29, 1.82) is 0 Å². The van der Waals surface area contributed by atoms with Gasteiger partial charge in [-0.1, -0.05) is 33.2 Å². The molecule has 0 radical (unpaired) electrons. The molecule has 0 spiro atoms. The third-order valence-electron chi connectivity index (χ3n) is 5.19. The number of aromatic amines is 1. The van der Waals surface area contributed by atoms with E-state index in [4.69, 9.17) is 9.26 Å². The van der Waals surface area contributed by atoms with E-state index in [1.807, 2.05) is 31.1 Å². The minimum absolute atomic E-state index is 0.106. The first-order valence-corrected chi connectivity index (χ1v) is 10.4. The zero-order valence-electron chi connectivity index (χ0n) is 16.3. The number of ether oxygens (including phenoxy) is 1. The smallest absolute Gasteiger partial charge is 0.257 e. The molecule has 2 aromatic carbocycles. The van der Waals surface area contributed by atoms with Gasteiger partial charge in [0, 0.05) is 20.9 Å². The Labute approximate surface area is 177 Å². The number of hydrogen-bond donors (Lipinski definition) is 1. The summed E-state index contributed by atoms with van der Waals surface area (Å²) in [6.45, 7) is 1.35. The van der Waals surface area contributed by atoms with Gasteiger partial charge in [0.05, 0.1) is 18.8 Å². The van der Waals surface area contributed by atoms with Gasteiger partial charge in [-0.3, -0.25) is 0 Å². The topological polar surface area (TPSA) is 67.2 Å². The first-order valence-electron chi connectivity index (χ1n) is 9.58. The monoisotopic (exact) mass is 452 g/mol. The summed E-state index contributed by atoms with van der Waals surface area (Å²) in [5.74, 6) is 1.22. The standard InChI is InChI=1S/C22H21BrN4O2/c1-27(2)12-19-25-22(29-26-19)14-5-3-13(4-6-14)21-20-16(9-10-28-21)17-11-15(23)7-8-18(17)24-20/h3-8,11,21,24H,9-10,12H2,1-2H3. The fraction of sp³-hybridized carbons (Fsp3) is 0.273. The summed E-state index contributed by atoms with van der Waals surface area (Å²) >= 11 is 3.58. The quantitative estimate of drug-likeness (QED) is 0.485. The first kappa shape index (κ1) is 18.5. The molecule has 29 heavy (non-hydrogen) atoms. The van der Waals surface area contributed by atoms with Crippen molar-refractivity contribution in [3.8, 4) is 11.5 Å². The molecule has 1 unspecified atom stereocenters. The van der Waals surface area contributed by atoms with E-state index in [1.165, 1.54) is 10.9 Å². The highest BCUT2D eigenvalue weighted by molar-refractivity contribution is 9.10. The van der Waals surface area contributed by atoms with Gasteiger partial charge < -0.3 is 19.1 Å². The van der Waals surface area contributed by atoms with Crippen molar-refractivity contribution in [2.75, 3.05) is 20.7 Å². The molecule has 6 nitrogen and oxygen atoms in total. The third kappa shape index (κ3) is 3.50. The summed E-state index contributed by atoms with van der Waals surface area (Å²) in [5, 5.41) is 5.31. The number of hydrogen-bond acceptors (Lipinski definition) is 5. The SMILES string of the molecule is CN(C)Cc1noc(-c2ccc(C3OCCc4c3[nH]c3ccc(Br)cc43)cc2)n1. The molecule has 0 saturated heterocycles. The van der Waals surface area contributed by atoms with Crippen LogP contribution in [0.5, 0.6) is 0 Å². The van der Waals surface area contributed by atoms with Gasteiger partial charge in [-0.15, -0.1) is 0 Å². The molecule has 1 N–H and O–H groups in total. The van der Waals surface area contributed by atoms with Crippen molar-refractivity contribution < 1.29 is 9.26 Å². The van der Waals surface area contributed by atoms with Crippen LogP contribution in [0.15, 0.2) is 51.5 Å². The van der Waals surface area contributed by atoms with Crippen LogP contribution in [0.4, 0.5) is 0 Å². The number of aromatic nitrogens is 3. The number of H-pyrrole nitrogens is 1. The van der Waals surface area contributed by atoms with Gasteiger partial charge in [0.15, 0.2) is 5.82 Å². The molecule has 0 aliphatic carbocycles. The van der Waals surface area contributed by atoms with Crippen LogP contribution >= 0.6 is 15.9 Å². The molecule has 1 atom stereocenters. The van der Waals surface area contributed by atoms with Gasteiger partial charge in [0.25, 0.3) is 5.89 Å². The van der Waals surface area contributed by atoms with E-state index < -0.39 is 0 Å². The average molecular weight is 453 g/mol. The number of benzene rings is 2. The Balaban J connectivity index is 1.45. The summed E-state index contributed by atoms with van der Waals surface area (Å²) < 4.78 is 12.6. The van der Waals surface area contributed by atoms with E-state index in [0.717, 1.165) is 33.2 Å². The van der Waals surface area contributed by atoms with E-state index in [0.29, 0.717) is 24.9 Å². The molecular formula is C22H21BrN4O2. The van der Waals surface area contributed by atoms with Crippen molar-refractivity contribution in [2.45, 2.75) is 19.1 Å². The number of rotatable bonds is 4. The lowest BCUT2D eigenvalue weighted by molar-refractivity contribution is 0.0677. The van der Waals surface area contributed by atoms with Crippen LogP contribution in [0.25, 0.3) is 22.4 Å². The summed E-state index contributed by atoms with van der Waals surface area (Å²) in [6, 6.07) is 14.5. The Hall–Kier alpha value is -2.48. The van der Waals surface area contributed by atoms with Gasteiger partial charge in [-0.25, -0.2) is 0 Å². The molecule has 0 bridgehead atoms. The molecule has 0 saturated carbocycles. The zero-order valence-corrected chi connectivity index (χ0v) is 17.9.